The summed E-state index contributed by atoms with van der Waals surface area (Å²) in [7, 11) is 0. The van der Waals surface area contributed by atoms with Crippen LogP contribution in [0.3, 0.4) is 0 Å². The second kappa shape index (κ2) is 8.40. The van der Waals surface area contributed by atoms with Gasteiger partial charge in [-0.25, -0.2) is 9.78 Å². The minimum absolute atomic E-state index is 0.000330. The number of hydrogen-bond acceptors (Lipinski definition) is 8. The molecule has 0 saturated heterocycles. The third-order valence-electron chi connectivity index (χ3n) is 4.36. The van der Waals surface area contributed by atoms with Gasteiger partial charge in [0.1, 0.15) is 5.58 Å². The minimum Gasteiger partial charge on any atom is -0.466 e. The van der Waals surface area contributed by atoms with E-state index in [0.717, 1.165) is 0 Å². The van der Waals surface area contributed by atoms with Gasteiger partial charge in [0.15, 0.2) is 0 Å². The number of carbonyl (C=O) groups is 2. The number of carbonyl (C=O) groups excluding carboxylic acids is 2. The highest BCUT2D eigenvalue weighted by atomic mass is 16.5. The molecule has 1 unspecified atom stereocenters. The summed E-state index contributed by atoms with van der Waals surface area (Å²) in [4.78, 5) is 41.6. The average Bonchev–Trinajstić information content (AvgIpc) is 2.67. The molecule has 1 N–H and O–H groups in total. The molecule has 0 spiro atoms. The first kappa shape index (κ1) is 20.5. The lowest BCUT2D eigenvalue weighted by Gasteiger charge is -2.10. The highest BCUT2D eigenvalue weighted by Gasteiger charge is 2.21. The Morgan fingerprint density at radius 2 is 1.86 bits per heavy atom. The molecule has 0 radical (unpaired) electrons. The zero-order valence-corrected chi connectivity index (χ0v) is 16.4. The molecule has 0 fully saturated rings. The molecule has 0 amide bonds. The quantitative estimate of drug-likeness (QED) is 0.497. The summed E-state index contributed by atoms with van der Waals surface area (Å²) in [5.41, 5.74) is 0.555. The van der Waals surface area contributed by atoms with Crippen molar-refractivity contribution in [3.05, 3.63) is 51.3 Å². The van der Waals surface area contributed by atoms with E-state index in [9.17, 15) is 19.5 Å². The molecule has 0 bridgehead atoms. The van der Waals surface area contributed by atoms with Gasteiger partial charge in [-0.2, -0.15) is 0 Å². The number of hydrogen-bond donors (Lipinski definition) is 1. The third kappa shape index (κ3) is 4.12. The molecule has 1 aromatic carbocycles. The van der Waals surface area contributed by atoms with Crippen molar-refractivity contribution in [1.82, 2.24) is 4.98 Å². The topological polar surface area (TPSA) is 116 Å². The van der Waals surface area contributed by atoms with Gasteiger partial charge in [-0.1, -0.05) is 6.07 Å². The minimum atomic E-state index is -0.755. The van der Waals surface area contributed by atoms with Crippen molar-refractivity contribution in [2.45, 2.75) is 33.3 Å². The van der Waals surface area contributed by atoms with E-state index in [4.69, 9.17) is 13.9 Å². The maximum absolute atomic E-state index is 13.0. The summed E-state index contributed by atoms with van der Waals surface area (Å²) < 4.78 is 15.7. The van der Waals surface area contributed by atoms with E-state index in [1.54, 1.807) is 39.0 Å². The Morgan fingerprint density at radius 3 is 2.52 bits per heavy atom. The zero-order chi connectivity index (χ0) is 21.1. The molecule has 1 atom stereocenters. The molecule has 0 aliphatic rings. The van der Waals surface area contributed by atoms with Crippen molar-refractivity contribution in [3.8, 4) is 0 Å². The largest absolute Gasteiger partial charge is 0.466 e. The van der Waals surface area contributed by atoms with Crippen molar-refractivity contribution in [1.29, 1.82) is 0 Å². The summed E-state index contributed by atoms with van der Waals surface area (Å²) in [6.45, 7) is 5.22. The van der Waals surface area contributed by atoms with Gasteiger partial charge in [0.2, 0.25) is 11.1 Å². The van der Waals surface area contributed by atoms with E-state index >= 15 is 0 Å². The van der Waals surface area contributed by atoms with Crippen molar-refractivity contribution in [2.24, 2.45) is 0 Å². The zero-order valence-electron chi connectivity index (χ0n) is 16.4. The van der Waals surface area contributed by atoms with Crippen molar-refractivity contribution >= 4 is 34.0 Å². The fourth-order valence-corrected chi connectivity index (χ4v) is 2.97. The highest BCUT2D eigenvalue weighted by Crippen LogP contribution is 2.23. The number of aliphatic hydroxyl groups excluding tert-OH is 1. The van der Waals surface area contributed by atoms with Crippen LogP contribution >= 0.6 is 0 Å². The molecule has 2 heterocycles. The van der Waals surface area contributed by atoms with E-state index in [-0.39, 0.29) is 53.0 Å². The number of esters is 2. The molecule has 0 saturated carbocycles. The lowest BCUT2D eigenvalue weighted by Crippen LogP contribution is -2.16. The lowest BCUT2D eigenvalue weighted by molar-refractivity contribution is -0.142. The fraction of sp³-hybridized carbons (Fsp3) is 0.333. The van der Waals surface area contributed by atoms with E-state index in [1.807, 2.05) is 0 Å². The second-order valence-electron chi connectivity index (χ2n) is 6.40. The molecule has 8 nitrogen and oxygen atoms in total. The number of ether oxygens (including phenoxy) is 2. The Labute approximate surface area is 166 Å². The van der Waals surface area contributed by atoms with Crippen molar-refractivity contribution < 1.29 is 28.6 Å². The molecule has 152 valence electrons. The maximum atomic E-state index is 13.0. The van der Waals surface area contributed by atoms with Crippen LogP contribution in [0.5, 0.6) is 0 Å². The van der Waals surface area contributed by atoms with Gasteiger partial charge < -0.3 is 19.0 Å². The van der Waals surface area contributed by atoms with Crippen LogP contribution in [0.25, 0.3) is 22.1 Å². The van der Waals surface area contributed by atoms with Crippen molar-refractivity contribution in [2.75, 3.05) is 13.2 Å². The van der Waals surface area contributed by atoms with Crippen LogP contribution in [-0.2, 0) is 20.7 Å². The highest BCUT2D eigenvalue weighted by molar-refractivity contribution is 5.97. The molecule has 3 aromatic rings. The molecule has 0 aliphatic carbocycles. The number of nitrogens with zero attached hydrogens (tertiary/aromatic N) is 1. The summed E-state index contributed by atoms with van der Waals surface area (Å²) in [5, 5.41) is 10.1. The Balaban J connectivity index is 2.25. The number of fused-ring (bicyclic) bond motifs is 2. The van der Waals surface area contributed by atoms with Gasteiger partial charge in [0, 0.05) is 0 Å². The number of benzene rings is 1. The summed E-state index contributed by atoms with van der Waals surface area (Å²) in [6, 6.07) is 6.09. The average molecular weight is 399 g/mol. The molecular weight excluding hydrogens is 378 g/mol. The smallest absolute Gasteiger partial charge is 0.340 e. The van der Waals surface area contributed by atoms with E-state index in [1.165, 1.54) is 6.07 Å². The monoisotopic (exact) mass is 399 g/mol. The SMILES string of the molecule is CCOC(=O)Cc1nc2oc3ccc(C(C)O)cc3c(=O)c2cc1C(=O)OCC. The van der Waals surface area contributed by atoms with E-state index < -0.39 is 23.5 Å². The number of rotatable bonds is 6. The Bertz CT molecular complexity index is 1150. The van der Waals surface area contributed by atoms with Gasteiger partial charge in [-0.15, -0.1) is 0 Å². The number of pyridine rings is 1. The molecule has 3 rings (SSSR count). The van der Waals surface area contributed by atoms with Gasteiger partial charge in [-0.3, -0.25) is 9.59 Å². The fourth-order valence-electron chi connectivity index (χ4n) is 2.97. The molecule has 2 aromatic heterocycles. The van der Waals surface area contributed by atoms with Crippen LogP contribution in [0.2, 0.25) is 0 Å². The van der Waals surface area contributed by atoms with Crippen molar-refractivity contribution in [3.63, 3.8) is 0 Å². The van der Waals surface area contributed by atoms with Crippen LogP contribution in [0.1, 0.15) is 48.5 Å². The summed E-state index contributed by atoms with van der Waals surface area (Å²) in [6.07, 6.45) is -1.02. The predicted octanol–water partition coefficient (Wildman–Crippen LogP) is 2.68. The molecular formula is C21H21NO7. The number of aliphatic hydroxyl groups is 1. The van der Waals surface area contributed by atoms with Crippen LogP contribution in [-0.4, -0.2) is 35.2 Å². The summed E-state index contributed by atoms with van der Waals surface area (Å²) in [5.74, 6) is -1.26. The van der Waals surface area contributed by atoms with Gasteiger partial charge in [0.25, 0.3) is 0 Å². The normalized spacial score (nSPS) is 12.1. The van der Waals surface area contributed by atoms with Gasteiger partial charge in [-0.05, 0) is 44.5 Å². The first-order valence-corrected chi connectivity index (χ1v) is 9.26. The number of aromatic nitrogens is 1. The summed E-state index contributed by atoms with van der Waals surface area (Å²) >= 11 is 0. The molecule has 29 heavy (non-hydrogen) atoms. The van der Waals surface area contributed by atoms with Gasteiger partial charge >= 0.3 is 11.9 Å². The predicted molar refractivity (Wildman–Crippen MR) is 105 cm³/mol. The van der Waals surface area contributed by atoms with Crippen LogP contribution < -0.4 is 5.43 Å². The maximum Gasteiger partial charge on any atom is 0.340 e. The van der Waals surface area contributed by atoms with E-state index in [2.05, 4.69) is 4.98 Å². The van der Waals surface area contributed by atoms with Crippen LogP contribution in [0.15, 0.2) is 33.5 Å². The first-order valence-electron chi connectivity index (χ1n) is 9.26. The molecule has 8 heteroatoms. The molecule has 0 aliphatic heterocycles. The van der Waals surface area contributed by atoms with E-state index in [0.29, 0.717) is 5.56 Å². The second-order valence-corrected chi connectivity index (χ2v) is 6.40. The Hall–Kier alpha value is -3.26. The van der Waals surface area contributed by atoms with Crippen LogP contribution in [0, 0.1) is 0 Å². The standard InChI is InChI=1S/C21H21NO7/c1-4-27-18(24)10-16-13(21(26)28-5-2)9-15-19(25)14-8-12(11(3)23)6-7-17(14)29-20(15)22-16/h6-9,11,23H,4-5,10H2,1-3H3. The van der Waals surface area contributed by atoms with Gasteiger partial charge in [0.05, 0.1) is 47.8 Å². The Morgan fingerprint density at radius 1 is 1.14 bits per heavy atom. The Kier molecular flexibility index (Phi) is 5.93. The third-order valence-corrected chi connectivity index (χ3v) is 4.36. The first-order chi connectivity index (χ1) is 13.8. The van der Waals surface area contributed by atoms with Crippen LogP contribution in [0.4, 0.5) is 0 Å². The lowest BCUT2D eigenvalue weighted by atomic mass is 10.0.